The lowest BCUT2D eigenvalue weighted by Crippen LogP contribution is -2.17. The molecular formula is C66H69N3O. The number of rotatable bonds is 7. The number of phenolic OH excluding ortho intramolecular Hbond substituents is 1. The third kappa shape index (κ3) is 9.25. The molecule has 7 aromatic carbocycles. The van der Waals surface area contributed by atoms with Crippen molar-refractivity contribution in [2.75, 3.05) is 0 Å². The number of imidazole rings is 1. The number of pyridine rings is 1. The van der Waals surface area contributed by atoms with Crippen LogP contribution in [0.1, 0.15) is 125 Å². The number of benzene rings is 7. The summed E-state index contributed by atoms with van der Waals surface area (Å²) < 4.78 is 55.9. The largest absolute Gasteiger partial charge is 0.507 e. The van der Waals surface area contributed by atoms with Crippen LogP contribution in [0.2, 0.25) is 0 Å². The number of hydrogen-bond acceptors (Lipinski definition) is 3. The molecule has 1 N–H and O–H groups in total. The lowest BCUT2D eigenvalue weighted by atomic mass is 9.79. The zero-order chi connectivity index (χ0) is 55.3. The molecular weight excluding hydrogens is 851 g/mol. The van der Waals surface area contributed by atoms with Gasteiger partial charge in [0, 0.05) is 28.4 Å². The molecule has 70 heavy (non-hydrogen) atoms. The molecule has 9 rings (SSSR count). The van der Waals surface area contributed by atoms with Crippen molar-refractivity contribution in [3.05, 3.63) is 191 Å². The van der Waals surface area contributed by atoms with Crippen molar-refractivity contribution in [1.29, 1.82) is 0 Å². The number of aromatic nitrogens is 3. The minimum absolute atomic E-state index is 0.00781. The molecule has 2 heterocycles. The molecule has 4 nitrogen and oxygen atoms in total. The van der Waals surface area contributed by atoms with Crippen LogP contribution in [-0.4, -0.2) is 19.6 Å². The molecule has 354 valence electrons. The molecule has 0 aliphatic carbocycles. The fourth-order valence-corrected chi connectivity index (χ4v) is 9.42. The second-order valence-corrected chi connectivity index (χ2v) is 23.0. The van der Waals surface area contributed by atoms with Gasteiger partial charge in [-0.15, -0.1) is 0 Å². The highest BCUT2D eigenvalue weighted by molar-refractivity contribution is 5.98. The molecule has 0 atom stereocenters. The SMILES string of the molecule is [2H]c1nc(-c2cc(-c3cccc4c3nc(-c3cc(C(C)(C)C)cc(C(C)(C)C)c3O)n4-c3ccc(-c4ccc(C(C)(C)C)cc4)cc3-c3ccccc3)cc(C(C)(C)C)c2)c([2H])c(-c2c(C)c([2H])c([2H])c([2H])c2C)c1[2H]. The highest BCUT2D eigenvalue weighted by atomic mass is 16.3. The first-order chi connectivity index (χ1) is 35.5. The van der Waals surface area contributed by atoms with Gasteiger partial charge in [-0.1, -0.05) is 186 Å². The molecule has 0 aliphatic heterocycles. The Balaban J connectivity index is 1.37. The zero-order valence-electron chi connectivity index (χ0n) is 49.3. The number of para-hydroxylation sites is 1. The summed E-state index contributed by atoms with van der Waals surface area (Å²) in [5.74, 6) is 0.735. The van der Waals surface area contributed by atoms with Crippen LogP contribution in [0.5, 0.6) is 5.75 Å². The second-order valence-electron chi connectivity index (χ2n) is 23.0. The minimum atomic E-state index is -0.414. The van der Waals surface area contributed by atoms with Gasteiger partial charge < -0.3 is 5.11 Å². The summed E-state index contributed by atoms with van der Waals surface area (Å²) in [6.07, 6.45) is -0.338. The van der Waals surface area contributed by atoms with Crippen LogP contribution in [0.25, 0.3) is 83.9 Å². The second kappa shape index (κ2) is 17.7. The third-order valence-corrected chi connectivity index (χ3v) is 13.6. The van der Waals surface area contributed by atoms with Crippen LogP contribution < -0.4 is 0 Å². The van der Waals surface area contributed by atoms with Crippen molar-refractivity contribution in [2.45, 2.75) is 119 Å². The van der Waals surface area contributed by atoms with Crippen molar-refractivity contribution in [1.82, 2.24) is 14.5 Å². The number of phenols is 1. The fraction of sp³-hybridized carbons (Fsp3) is 0.273. The first-order valence-electron chi connectivity index (χ1n) is 27.4. The van der Waals surface area contributed by atoms with E-state index in [0.717, 1.165) is 61.3 Å². The maximum atomic E-state index is 12.7. The zero-order valence-corrected chi connectivity index (χ0v) is 43.3. The Morgan fingerprint density at radius 2 is 1.13 bits per heavy atom. The number of hydrogen-bond donors (Lipinski definition) is 1. The molecule has 4 heteroatoms. The van der Waals surface area contributed by atoms with Crippen LogP contribution in [-0.2, 0) is 21.7 Å². The Kier molecular flexibility index (Phi) is 10.3. The molecule has 0 spiro atoms. The summed E-state index contributed by atoms with van der Waals surface area (Å²) >= 11 is 0. The van der Waals surface area contributed by atoms with Crippen LogP contribution in [0.4, 0.5) is 0 Å². The predicted molar refractivity (Wildman–Crippen MR) is 297 cm³/mol. The van der Waals surface area contributed by atoms with E-state index in [1.165, 1.54) is 5.56 Å². The molecule has 9 aromatic rings. The van der Waals surface area contributed by atoms with Gasteiger partial charge in [0.15, 0.2) is 0 Å². The number of fused-ring (bicyclic) bond motifs is 1. The van der Waals surface area contributed by atoms with Gasteiger partial charge in [-0.05, 0) is 145 Å². The first kappa shape index (κ1) is 40.8. The normalized spacial score (nSPS) is 13.7. The van der Waals surface area contributed by atoms with Crippen LogP contribution in [0, 0.1) is 13.8 Å². The first-order valence-corrected chi connectivity index (χ1v) is 24.4. The van der Waals surface area contributed by atoms with Crippen molar-refractivity contribution in [3.8, 4) is 78.6 Å². The summed E-state index contributed by atoms with van der Waals surface area (Å²) in [5, 5.41) is 12.7. The smallest absolute Gasteiger partial charge is 0.149 e. The molecule has 0 aliphatic rings. The van der Waals surface area contributed by atoms with Gasteiger partial charge in [0.25, 0.3) is 0 Å². The van der Waals surface area contributed by atoms with Gasteiger partial charge in [-0.25, -0.2) is 4.98 Å². The fourth-order valence-electron chi connectivity index (χ4n) is 9.42. The summed E-state index contributed by atoms with van der Waals surface area (Å²) in [6.45, 7) is 29.3. The summed E-state index contributed by atoms with van der Waals surface area (Å²) in [6, 6.07) is 41.4. The van der Waals surface area contributed by atoms with Gasteiger partial charge in [-0.2, -0.15) is 0 Å². The molecule has 2 aromatic heterocycles. The van der Waals surface area contributed by atoms with Crippen LogP contribution >= 0.6 is 0 Å². The van der Waals surface area contributed by atoms with Crippen LogP contribution in [0.15, 0.2) is 158 Å². The average molecular weight is 926 g/mol. The maximum absolute atomic E-state index is 12.7. The Morgan fingerprint density at radius 1 is 0.500 bits per heavy atom. The highest BCUT2D eigenvalue weighted by Crippen LogP contribution is 2.46. The van der Waals surface area contributed by atoms with E-state index < -0.39 is 10.8 Å². The van der Waals surface area contributed by atoms with E-state index in [-0.39, 0.29) is 64.2 Å². The Hall–Kier alpha value is -7.04. The molecule has 0 bridgehead atoms. The van der Waals surface area contributed by atoms with Gasteiger partial charge in [0.05, 0.1) is 36.2 Å². The van der Waals surface area contributed by atoms with Crippen molar-refractivity contribution in [3.63, 3.8) is 0 Å². The molecule has 0 amide bonds. The Labute approximate surface area is 425 Å². The van der Waals surface area contributed by atoms with Crippen molar-refractivity contribution >= 4 is 11.0 Å². The lowest BCUT2D eigenvalue weighted by Gasteiger charge is -2.27. The predicted octanol–water partition coefficient (Wildman–Crippen LogP) is 17.9. The topological polar surface area (TPSA) is 50.9 Å². The molecule has 0 saturated carbocycles. The van der Waals surface area contributed by atoms with E-state index in [1.54, 1.807) is 13.8 Å². The maximum Gasteiger partial charge on any atom is 0.149 e. The van der Waals surface area contributed by atoms with E-state index in [2.05, 4.69) is 184 Å². The van der Waals surface area contributed by atoms with Crippen LogP contribution in [0.3, 0.4) is 0 Å². The van der Waals surface area contributed by atoms with Gasteiger partial charge in [0.1, 0.15) is 11.6 Å². The van der Waals surface area contributed by atoms with Gasteiger partial charge >= 0.3 is 0 Å². The van der Waals surface area contributed by atoms with Crippen molar-refractivity contribution in [2.24, 2.45) is 0 Å². The number of nitrogens with zero attached hydrogens (tertiary/aromatic N) is 3. The van der Waals surface area contributed by atoms with Gasteiger partial charge in [0.2, 0.25) is 0 Å². The summed E-state index contributed by atoms with van der Waals surface area (Å²) in [4.78, 5) is 10.3. The van der Waals surface area contributed by atoms with E-state index >= 15 is 0 Å². The lowest BCUT2D eigenvalue weighted by molar-refractivity contribution is 0.446. The monoisotopic (exact) mass is 926 g/mol. The molecule has 0 unspecified atom stereocenters. The van der Waals surface area contributed by atoms with E-state index in [9.17, 15) is 6.48 Å². The average Bonchev–Trinajstić information content (AvgIpc) is 3.81. The van der Waals surface area contributed by atoms with Crippen molar-refractivity contribution < 1.29 is 13.3 Å². The standard InChI is InChI=1S/C66H69N3O/c1-41-20-18-21-42(2)59(41)46-32-33-67-56(38-46)48-34-47(35-50(36-48)64(6,7)8)52-24-19-25-58-60(52)68-62(54-39-51(65(9,10)11)40-55(61(54)70)66(12,13)14)69(58)57-31-28-45(37-53(57)44-22-16-15-17-23-44)43-26-29-49(30-27-43)63(3,4)5/h15-40,70H,1-14H3/i18D,20D,21D,32D,33D,38D. The minimum Gasteiger partial charge on any atom is -0.507 e. The number of aromatic hydroxyl groups is 1. The van der Waals surface area contributed by atoms with E-state index in [0.29, 0.717) is 39.2 Å². The summed E-state index contributed by atoms with van der Waals surface area (Å²) in [5.41, 5.74) is 13.7. The van der Waals surface area contributed by atoms with E-state index in [4.69, 9.17) is 11.8 Å². The quantitative estimate of drug-likeness (QED) is 0.173. The summed E-state index contributed by atoms with van der Waals surface area (Å²) in [7, 11) is 0. The Bertz CT molecular complexity index is 3740. The van der Waals surface area contributed by atoms with E-state index in [1.807, 2.05) is 30.3 Å². The molecule has 0 radical (unpaired) electrons. The van der Waals surface area contributed by atoms with Gasteiger partial charge in [-0.3, -0.25) is 9.55 Å². The Morgan fingerprint density at radius 3 is 1.77 bits per heavy atom. The highest BCUT2D eigenvalue weighted by Gasteiger charge is 2.30. The third-order valence-electron chi connectivity index (χ3n) is 13.6. The molecule has 0 fully saturated rings. The molecule has 0 saturated heterocycles.